The van der Waals surface area contributed by atoms with Crippen molar-refractivity contribution < 1.29 is 32.6 Å². The number of carboxylic acids is 1. The van der Waals surface area contributed by atoms with E-state index in [2.05, 4.69) is 30.4 Å². The third-order valence-corrected chi connectivity index (χ3v) is 8.12. The number of ether oxygens (including phenoxy) is 1. The van der Waals surface area contributed by atoms with Gasteiger partial charge in [-0.1, -0.05) is 76.5 Å². The summed E-state index contributed by atoms with van der Waals surface area (Å²) >= 11 is 0. The van der Waals surface area contributed by atoms with Gasteiger partial charge in [-0.2, -0.15) is 18.3 Å². The van der Waals surface area contributed by atoms with Crippen LogP contribution in [0.1, 0.15) is 86.0 Å². The summed E-state index contributed by atoms with van der Waals surface area (Å²) in [5.41, 5.74) is -1.06. The van der Waals surface area contributed by atoms with Crippen molar-refractivity contribution in [2.24, 2.45) is 11.0 Å². The van der Waals surface area contributed by atoms with Crippen molar-refractivity contribution in [3.8, 4) is 0 Å². The van der Waals surface area contributed by atoms with Gasteiger partial charge in [-0.25, -0.2) is 9.59 Å². The minimum atomic E-state index is -4.34. The monoisotopic (exact) mass is 652 g/mol. The number of alkyl halides is 3. The standard InChI is InChI=1S/C35H55F3N4O4/c1-8-12-13-17-29(6)42(39-26-30(10-3)20-19-28(5)35(36,37)38)24-15-22-40(7)25-21-34(11-4)27-41(33(45)46-34)23-14-18-31(16-9-2)32(43)44/h10,14-16,18-19,24,26,29-30H,3,8-9,11-13,17,20-23,25,27H2,1-2,4-7H3,(H,43,44)/b18-14-,24-15+,28-19+,31-16+,39-26+. The number of carbonyl (C=O) groups is 2. The summed E-state index contributed by atoms with van der Waals surface area (Å²) in [4.78, 5) is 27.7. The molecule has 1 saturated heterocycles. The second-order valence-electron chi connectivity index (χ2n) is 12.0. The summed E-state index contributed by atoms with van der Waals surface area (Å²) in [6.07, 6.45) is 14.7. The molecule has 0 bridgehead atoms. The van der Waals surface area contributed by atoms with Crippen LogP contribution in [-0.4, -0.2) is 89.2 Å². The molecule has 1 rings (SSSR count). The van der Waals surface area contributed by atoms with Crippen LogP contribution in [0.25, 0.3) is 0 Å². The number of carboxylic acid groups (broad SMARTS) is 1. The lowest BCUT2D eigenvalue weighted by atomic mass is 9.96. The lowest BCUT2D eigenvalue weighted by Gasteiger charge is -2.28. The zero-order valence-corrected chi connectivity index (χ0v) is 28.6. The number of aliphatic carboxylic acids is 1. The Morgan fingerprint density at radius 3 is 2.52 bits per heavy atom. The molecule has 8 nitrogen and oxygen atoms in total. The highest BCUT2D eigenvalue weighted by atomic mass is 19.4. The van der Waals surface area contributed by atoms with Gasteiger partial charge >= 0.3 is 18.2 Å². The molecule has 0 radical (unpaired) electrons. The second-order valence-corrected chi connectivity index (χ2v) is 12.0. The molecule has 1 heterocycles. The van der Waals surface area contributed by atoms with Gasteiger partial charge in [0, 0.05) is 56.0 Å². The van der Waals surface area contributed by atoms with Crippen LogP contribution in [-0.2, 0) is 9.53 Å². The summed E-state index contributed by atoms with van der Waals surface area (Å²) in [6, 6.07) is 0.104. The van der Waals surface area contributed by atoms with Gasteiger partial charge in [0.1, 0.15) is 5.60 Å². The first-order valence-corrected chi connectivity index (χ1v) is 16.3. The lowest BCUT2D eigenvalue weighted by molar-refractivity contribution is -0.132. The molecular weight excluding hydrogens is 597 g/mol. The first kappa shape index (κ1) is 40.7. The molecule has 11 heteroatoms. The Hall–Kier alpha value is -3.34. The molecule has 0 aliphatic carbocycles. The van der Waals surface area contributed by atoms with E-state index in [0.29, 0.717) is 38.9 Å². The predicted molar refractivity (Wildman–Crippen MR) is 180 cm³/mol. The smallest absolute Gasteiger partial charge is 0.412 e. The Kier molecular flexibility index (Phi) is 18.3. The Morgan fingerprint density at radius 1 is 1.22 bits per heavy atom. The van der Waals surface area contributed by atoms with Crippen molar-refractivity contribution in [2.45, 2.75) is 104 Å². The van der Waals surface area contributed by atoms with E-state index in [-0.39, 0.29) is 30.5 Å². The summed E-state index contributed by atoms with van der Waals surface area (Å²) in [5, 5.41) is 15.8. The molecule has 1 aliphatic heterocycles. The largest absolute Gasteiger partial charge is 0.478 e. The van der Waals surface area contributed by atoms with Gasteiger partial charge in [-0.05, 0) is 46.6 Å². The van der Waals surface area contributed by atoms with Crippen LogP contribution < -0.4 is 0 Å². The molecule has 1 amide bonds. The lowest BCUT2D eigenvalue weighted by Crippen LogP contribution is -2.37. The Morgan fingerprint density at radius 2 is 1.93 bits per heavy atom. The molecule has 1 fully saturated rings. The fourth-order valence-corrected chi connectivity index (χ4v) is 4.83. The minimum absolute atomic E-state index is 0.104. The molecule has 3 unspecified atom stereocenters. The molecule has 0 aromatic rings. The Bertz CT molecular complexity index is 1120. The molecule has 1 N–H and O–H groups in total. The second kappa shape index (κ2) is 20.7. The predicted octanol–water partition coefficient (Wildman–Crippen LogP) is 8.36. The van der Waals surface area contributed by atoms with Gasteiger partial charge in [-0.3, -0.25) is 5.01 Å². The topological polar surface area (TPSA) is 85.7 Å². The van der Waals surface area contributed by atoms with Gasteiger partial charge in [-0.15, -0.1) is 6.58 Å². The molecule has 0 aromatic heterocycles. The maximum absolute atomic E-state index is 12.9. The number of unbranched alkanes of at least 4 members (excludes halogenated alkanes) is 2. The number of carbonyl (C=O) groups excluding carboxylic acids is 1. The third kappa shape index (κ3) is 14.8. The maximum Gasteiger partial charge on any atom is 0.412 e. The molecule has 0 saturated carbocycles. The van der Waals surface area contributed by atoms with E-state index in [1.165, 1.54) is 12.2 Å². The van der Waals surface area contributed by atoms with E-state index in [1.54, 1.807) is 29.3 Å². The third-order valence-electron chi connectivity index (χ3n) is 8.12. The van der Waals surface area contributed by atoms with E-state index < -0.39 is 29.4 Å². The zero-order valence-electron chi connectivity index (χ0n) is 28.6. The van der Waals surface area contributed by atoms with E-state index in [9.17, 15) is 27.9 Å². The molecule has 260 valence electrons. The number of likely N-dealkylation sites (N-methyl/N-ethyl adjacent to an activating group) is 1. The van der Waals surface area contributed by atoms with Crippen molar-refractivity contribution in [3.05, 3.63) is 60.4 Å². The van der Waals surface area contributed by atoms with Gasteiger partial charge < -0.3 is 19.6 Å². The van der Waals surface area contributed by atoms with Crippen LogP contribution in [0.4, 0.5) is 18.0 Å². The number of hydrogen-bond acceptors (Lipinski definition) is 6. The number of rotatable bonds is 22. The summed E-state index contributed by atoms with van der Waals surface area (Å²) < 4.78 is 44.6. The average molecular weight is 653 g/mol. The fraction of sp³-hybridized carbons (Fsp3) is 0.629. The van der Waals surface area contributed by atoms with Gasteiger partial charge in [0.2, 0.25) is 0 Å². The van der Waals surface area contributed by atoms with Gasteiger partial charge in [0.15, 0.2) is 0 Å². The number of hydrazone groups is 1. The number of halogens is 3. The van der Waals surface area contributed by atoms with Crippen molar-refractivity contribution in [2.75, 3.05) is 33.2 Å². The van der Waals surface area contributed by atoms with Crippen molar-refractivity contribution in [1.29, 1.82) is 0 Å². The number of amides is 1. The van der Waals surface area contributed by atoms with Gasteiger partial charge in [0.05, 0.1) is 12.1 Å². The fourth-order valence-electron chi connectivity index (χ4n) is 4.83. The van der Waals surface area contributed by atoms with E-state index >= 15 is 0 Å². The Balaban J connectivity index is 2.84. The van der Waals surface area contributed by atoms with Gasteiger partial charge in [0.25, 0.3) is 0 Å². The van der Waals surface area contributed by atoms with Crippen LogP contribution in [0.15, 0.2) is 65.5 Å². The first-order valence-electron chi connectivity index (χ1n) is 16.3. The molecule has 0 aromatic carbocycles. The van der Waals surface area contributed by atoms with Crippen molar-refractivity contribution in [3.63, 3.8) is 0 Å². The maximum atomic E-state index is 12.9. The quantitative estimate of drug-likeness (QED) is 0.0316. The summed E-state index contributed by atoms with van der Waals surface area (Å²) in [7, 11) is 1.99. The Labute approximate surface area is 274 Å². The SMILES string of the molecule is C=CC(/C=N/N(/C=C/CN(C)CCC1(CC)CN(C/C=C\C(=C/CC)C(=O)O)C(=O)O1)C(C)CCCCC)C/C=C(\C)C(F)(F)F. The van der Waals surface area contributed by atoms with Crippen LogP contribution in [0.5, 0.6) is 0 Å². The molecule has 1 aliphatic rings. The number of cyclic esters (lactones) is 1. The molecule has 3 atom stereocenters. The number of allylic oxidation sites excluding steroid dienone is 4. The highest BCUT2D eigenvalue weighted by Gasteiger charge is 2.43. The first-order chi connectivity index (χ1) is 21.7. The van der Waals surface area contributed by atoms with Crippen LogP contribution in [0.2, 0.25) is 0 Å². The van der Waals surface area contributed by atoms with Crippen molar-refractivity contribution in [1.82, 2.24) is 14.8 Å². The summed E-state index contributed by atoms with van der Waals surface area (Å²) in [5.74, 6) is -1.34. The average Bonchev–Trinajstić information content (AvgIpc) is 3.33. The van der Waals surface area contributed by atoms with Crippen LogP contribution >= 0.6 is 0 Å². The summed E-state index contributed by atoms with van der Waals surface area (Å²) in [6.45, 7) is 14.9. The molecule has 46 heavy (non-hydrogen) atoms. The minimum Gasteiger partial charge on any atom is -0.478 e. The molecule has 0 spiro atoms. The van der Waals surface area contributed by atoms with Crippen LogP contribution in [0.3, 0.4) is 0 Å². The van der Waals surface area contributed by atoms with E-state index in [4.69, 9.17) is 4.74 Å². The van der Waals surface area contributed by atoms with E-state index in [0.717, 1.165) is 32.6 Å². The number of hydrogen-bond donors (Lipinski definition) is 1. The van der Waals surface area contributed by atoms with Crippen LogP contribution in [0, 0.1) is 5.92 Å². The zero-order chi connectivity index (χ0) is 34.8. The molecular formula is C35H55F3N4O4. The van der Waals surface area contributed by atoms with E-state index in [1.807, 2.05) is 38.2 Å². The highest BCUT2D eigenvalue weighted by molar-refractivity contribution is 5.89. The highest BCUT2D eigenvalue weighted by Crippen LogP contribution is 2.30. The normalized spacial score (nSPS) is 19.5. The van der Waals surface area contributed by atoms with Crippen molar-refractivity contribution >= 4 is 18.3 Å². The number of nitrogens with zero attached hydrogens (tertiary/aromatic N) is 4.